The predicted octanol–water partition coefficient (Wildman–Crippen LogP) is 0.760. The number of aliphatic carboxylic acids is 1. The van der Waals surface area contributed by atoms with Crippen LogP contribution >= 0.6 is 0 Å². The number of hydrogen-bond donors (Lipinski definition) is 2. The number of nitrogens with zero attached hydrogens (tertiary/aromatic N) is 1. The Bertz CT molecular complexity index is 508. The number of aryl methyl sites for hydroxylation is 1. The van der Waals surface area contributed by atoms with E-state index < -0.39 is 5.97 Å². The van der Waals surface area contributed by atoms with E-state index in [1.165, 1.54) is 22.9 Å². The highest BCUT2D eigenvalue weighted by molar-refractivity contribution is 5.93. The second-order valence-electron chi connectivity index (χ2n) is 4.33. The lowest BCUT2D eigenvalue weighted by Gasteiger charge is -2.06. The van der Waals surface area contributed by atoms with Crippen LogP contribution in [0.2, 0.25) is 0 Å². The van der Waals surface area contributed by atoms with Crippen LogP contribution in [0.25, 0.3) is 0 Å². The first-order chi connectivity index (χ1) is 9.00. The van der Waals surface area contributed by atoms with Crippen molar-refractivity contribution in [1.29, 1.82) is 0 Å². The maximum Gasteiger partial charge on any atom is 0.303 e. The molecule has 1 aromatic heterocycles. The zero-order valence-corrected chi connectivity index (χ0v) is 10.9. The minimum atomic E-state index is -0.797. The highest BCUT2D eigenvalue weighted by Gasteiger charge is 2.05. The predicted molar refractivity (Wildman–Crippen MR) is 70.1 cm³/mol. The van der Waals surface area contributed by atoms with Gasteiger partial charge in [0.25, 0.3) is 5.91 Å². The van der Waals surface area contributed by atoms with E-state index in [4.69, 9.17) is 5.11 Å². The van der Waals surface area contributed by atoms with Crippen LogP contribution in [0.4, 0.5) is 0 Å². The van der Waals surface area contributed by atoms with Gasteiger partial charge in [-0.1, -0.05) is 6.42 Å². The molecule has 0 radical (unpaired) electrons. The zero-order valence-electron chi connectivity index (χ0n) is 10.9. The summed E-state index contributed by atoms with van der Waals surface area (Å²) in [7, 11) is 1.59. The Hall–Kier alpha value is -2.11. The number of carboxylic acids is 1. The molecule has 0 saturated heterocycles. The van der Waals surface area contributed by atoms with Gasteiger partial charge < -0.3 is 15.0 Å². The molecule has 0 bridgehead atoms. The van der Waals surface area contributed by atoms with Gasteiger partial charge in [0, 0.05) is 32.3 Å². The summed E-state index contributed by atoms with van der Waals surface area (Å²) in [4.78, 5) is 33.2. The van der Waals surface area contributed by atoms with Crippen LogP contribution in [0.15, 0.2) is 23.1 Å². The van der Waals surface area contributed by atoms with Crippen LogP contribution in [0.5, 0.6) is 0 Å². The van der Waals surface area contributed by atoms with Gasteiger partial charge in [0.2, 0.25) is 5.56 Å². The molecule has 0 unspecified atom stereocenters. The number of carboxylic acid groups (broad SMARTS) is 1. The van der Waals surface area contributed by atoms with E-state index in [0.29, 0.717) is 18.5 Å². The molecule has 2 N–H and O–H groups in total. The Balaban J connectivity index is 2.29. The third kappa shape index (κ3) is 5.37. The molecule has 0 aromatic carbocycles. The number of rotatable bonds is 7. The smallest absolute Gasteiger partial charge is 0.303 e. The molecule has 6 heteroatoms. The first-order valence-electron chi connectivity index (χ1n) is 6.17. The molecule has 1 heterocycles. The van der Waals surface area contributed by atoms with Gasteiger partial charge in [0.15, 0.2) is 0 Å². The van der Waals surface area contributed by atoms with Crippen LogP contribution < -0.4 is 10.9 Å². The summed E-state index contributed by atoms with van der Waals surface area (Å²) in [6, 6.07) is 2.84. The summed E-state index contributed by atoms with van der Waals surface area (Å²) >= 11 is 0. The number of amides is 1. The Labute approximate surface area is 111 Å². The molecule has 0 aliphatic rings. The fourth-order valence-electron chi connectivity index (χ4n) is 1.61. The molecular formula is C13H18N2O4. The van der Waals surface area contributed by atoms with Crippen molar-refractivity contribution >= 4 is 11.9 Å². The number of carbonyl (C=O) groups excluding carboxylic acids is 1. The normalized spacial score (nSPS) is 10.2. The van der Waals surface area contributed by atoms with Crippen molar-refractivity contribution in [2.24, 2.45) is 7.05 Å². The van der Waals surface area contributed by atoms with Crippen molar-refractivity contribution < 1.29 is 14.7 Å². The molecule has 0 fully saturated rings. The summed E-state index contributed by atoms with van der Waals surface area (Å²) in [5.41, 5.74) is 0.276. The maximum absolute atomic E-state index is 11.7. The van der Waals surface area contributed by atoms with E-state index in [9.17, 15) is 14.4 Å². The standard InChI is InChI=1S/C13H18N2O4/c1-15-9-10(6-7-11(15)16)13(19)14-8-4-2-3-5-12(17)18/h6-7,9H,2-5,8H2,1H3,(H,14,19)(H,17,18). The molecule has 1 aromatic rings. The lowest BCUT2D eigenvalue weighted by Crippen LogP contribution is -2.26. The van der Waals surface area contributed by atoms with Crippen LogP contribution in [-0.2, 0) is 11.8 Å². The van der Waals surface area contributed by atoms with Crippen molar-refractivity contribution in [1.82, 2.24) is 9.88 Å². The number of nitrogens with one attached hydrogen (secondary N) is 1. The average molecular weight is 266 g/mol. The highest BCUT2D eigenvalue weighted by atomic mass is 16.4. The van der Waals surface area contributed by atoms with Gasteiger partial charge in [0.05, 0.1) is 5.56 Å². The third-order valence-electron chi connectivity index (χ3n) is 2.70. The molecule has 0 spiro atoms. The van der Waals surface area contributed by atoms with Crippen molar-refractivity contribution in [3.05, 3.63) is 34.2 Å². The molecule has 0 saturated carbocycles. The third-order valence-corrected chi connectivity index (χ3v) is 2.70. The fraction of sp³-hybridized carbons (Fsp3) is 0.462. The molecule has 19 heavy (non-hydrogen) atoms. The monoisotopic (exact) mass is 266 g/mol. The molecule has 6 nitrogen and oxygen atoms in total. The molecule has 1 rings (SSSR count). The van der Waals surface area contributed by atoms with Gasteiger partial charge in [-0.2, -0.15) is 0 Å². The minimum Gasteiger partial charge on any atom is -0.481 e. The highest BCUT2D eigenvalue weighted by Crippen LogP contribution is 1.99. The quantitative estimate of drug-likeness (QED) is 0.713. The van der Waals surface area contributed by atoms with Gasteiger partial charge in [0.1, 0.15) is 0 Å². The van der Waals surface area contributed by atoms with E-state index in [0.717, 1.165) is 12.8 Å². The van der Waals surface area contributed by atoms with Gasteiger partial charge >= 0.3 is 5.97 Å². The van der Waals surface area contributed by atoms with Crippen LogP contribution in [0.3, 0.4) is 0 Å². The van der Waals surface area contributed by atoms with Crippen molar-refractivity contribution in [3.63, 3.8) is 0 Å². The number of hydrogen-bond acceptors (Lipinski definition) is 3. The molecule has 0 aliphatic heterocycles. The fourth-order valence-corrected chi connectivity index (χ4v) is 1.61. The Morgan fingerprint density at radius 1 is 1.26 bits per heavy atom. The van der Waals surface area contributed by atoms with Gasteiger partial charge in [-0.25, -0.2) is 0 Å². The van der Waals surface area contributed by atoms with Crippen LogP contribution in [-0.4, -0.2) is 28.1 Å². The van der Waals surface area contributed by atoms with Gasteiger partial charge in [-0.05, 0) is 18.9 Å². The number of aromatic nitrogens is 1. The number of carbonyl (C=O) groups is 2. The van der Waals surface area contributed by atoms with Crippen LogP contribution in [0.1, 0.15) is 36.0 Å². The summed E-state index contributed by atoms with van der Waals surface area (Å²) in [6.45, 7) is 0.501. The average Bonchev–Trinajstić information content (AvgIpc) is 2.36. The largest absolute Gasteiger partial charge is 0.481 e. The second-order valence-corrected chi connectivity index (χ2v) is 4.33. The van der Waals surface area contributed by atoms with Crippen LogP contribution in [0, 0.1) is 0 Å². The Morgan fingerprint density at radius 2 is 2.00 bits per heavy atom. The second kappa shape index (κ2) is 7.35. The van der Waals surface area contributed by atoms with E-state index in [1.54, 1.807) is 7.05 Å². The van der Waals surface area contributed by atoms with E-state index in [-0.39, 0.29) is 17.9 Å². The van der Waals surface area contributed by atoms with E-state index in [2.05, 4.69) is 5.32 Å². The maximum atomic E-state index is 11.7. The molecule has 0 aliphatic carbocycles. The van der Waals surface area contributed by atoms with E-state index in [1.807, 2.05) is 0 Å². The first kappa shape index (κ1) is 14.9. The summed E-state index contributed by atoms with van der Waals surface area (Å²) < 4.78 is 1.35. The topological polar surface area (TPSA) is 88.4 Å². The SMILES string of the molecule is Cn1cc(C(=O)NCCCCCC(=O)O)ccc1=O. The summed E-state index contributed by atoms with van der Waals surface area (Å²) in [5.74, 6) is -1.02. The zero-order chi connectivity index (χ0) is 14.3. The van der Waals surface area contributed by atoms with Gasteiger partial charge in [-0.15, -0.1) is 0 Å². The molecular weight excluding hydrogens is 248 g/mol. The van der Waals surface area contributed by atoms with E-state index >= 15 is 0 Å². The molecule has 0 atom stereocenters. The van der Waals surface area contributed by atoms with Crippen molar-refractivity contribution in [2.45, 2.75) is 25.7 Å². The Morgan fingerprint density at radius 3 is 2.63 bits per heavy atom. The number of unbranched alkanes of at least 4 members (excludes halogenated alkanes) is 2. The summed E-state index contributed by atoms with van der Waals surface area (Å²) in [5, 5.41) is 11.2. The van der Waals surface area contributed by atoms with Crippen molar-refractivity contribution in [2.75, 3.05) is 6.54 Å². The summed E-state index contributed by atoms with van der Waals surface area (Å²) in [6.07, 6.45) is 3.77. The minimum absolute atomic E-state index is 0.161. The number of pyridine rings is 1. The molecule has 1 amide bonds. The van der Waals surface area contributed by atoms with Gasteiger partial charge in [-0.3, -0.25) is 14.4 Å². The first-order valence-corrected chi connectivity index (χ1v) is 6.17. The lowest BCUT2D eigenvalue weighted by molar-refractivity contribution is -0.137. The van der Waals surface area contributed by atoms with Crippen molar-refractivity contribution in [3.8, 4) is 0 Å². The molecule has 104 valence electrons. The Kier molecular flexibility index (Phi) is 5.78. The lowest BCUT2D eigenvalue weighted by atomic mass is 10.2.